The lowest BCUT2D eigenvalue weighted by atomic mass is 9.91. The molecule has 0 fully saturated rings. The molecule has 17 atom stereocenters. The van der Waals surface area contributed by atoms with Gasteiger partial charge in [0.15, 0.2) is 70.8 Å². The molecule has 0 aliphatic rings. The van der Waals surface area contributed by atoms with Crippen LogP contribution in [0, 0.1) is 11.8 Å². The number of aromatic amines is 1. The monoisotopic (exact) mass is 1530 g/mol. The number of imidazole rings is 1. The van der Waals surface area contributed by atoms with E-state index < -0.39 is 241 Å². The van der Waals surface area contributed by atoms with Crippen molar-refractivity contribution < 1.29 is 86.3 Å². The number of hydrogen-bond acceptors (Lipinski definition) is 33. The summed E-state index contributed by atoms with van der Waals surface area (Å²) in [5.74, 6) is -23.3. The highest BCUT2D eigenvalue weighted by molar-refractivity contribution is 6.18. The van der Waals surface area contributed by atoms with Gasteiger partial charge in [-0.05, 0) is 85.0 Å². The minimum absolute atomic E-state index is 0.000647. The third kappa shape index (κ3) is 33.9. The highest BCUT2D eigenvalue weighted by Crippen LogP contribution is 2.14. The number of amides is 10. The van der Waals surface area contributed by atoms with Crippen molar-refractivity contribution >= 4 is 106 Å². The number of carbonyl (C=O) groups excluding carboxylic acids is 18. The van der Waals surface area contributed by atoms with E-state index in [0.717, 1.165) is 6.92 Å². The maximum Gasteiger partial charge on any atom is 0.258 e. The molecule has 0 aromatic carbocycles. The predicted molar refractivity (Wildman–Crippen MR) is 388 cm³/mol. The summed E-state index contributed by atoms with van der Waals surface area (Å²) in [4.78, 5) is 259. The zero-order chi connectivity index (χ0) is 82.6. The van der Waals surface area contributed by atoms with E-state index in [1.807, 2.05) is 10.6 Å². The second-order valence-electron chi connectivity index (χ2n) is 26.4. The van der Waals surface area contributed by atoms with Gasteiger partial charge in [0.05, 0.1) is 54.7 Å². The molecule has 608 valence electrons. The normalized spacial score (nSPS) is 16.2. The van der Waals surface area contributed by atoms with E-state index in [1.54, 1.807) is 20.8 Å². The number of H-pyrrole nitrogens is 1. The number of aromatic nitrogens is 2. The number of nitrogens with two attached hydrogens (primary N) is 10. The van der Waals surface area contributed by atoms with E-state index in [-0.39, 0.29) is 64.0 Å². The van der Waals surface area contributed by atoms with Gasteiger partial charge in [-0.25, -0.2) is 4.98 Å². The Kier molecular flexibility index (Phi) is 43.8. The molecule has 1 heterocycles. The van der Waals surface area contributed by atoms with Crippen LogP contribution in [0.2, 0.25) is 0 Å². The molecule has 35 N–H and O–H groups in total. The van der Waals surface area contributed by atoms with Crippen molar-refractivity contribution in [3.63, 3.8) is 0 Å². The van der Waals surface area contributed by atoms with Crippen molar-refractivity contribution in [1.29, 1.82) is 0 Å². The standard InChI is InChI=1S/C64H114N26O18/c1-11-28(4)45(70)53(100)49(89-61(107)48(52(99)37(68)20-44(69)96)88-60(106)46(82-31(7)92)50(97)34(65)14-12-16-79-63(71)72)59(105)84-39(22-42(94)30(6)76-9)56(102)87-47(51(98)35(66)15-13-17-80-64(73)74)58(104)85-40(23-43(95)36(67)19-32-24-78-26-81-32)57(103)90-54(83-33(25-91)18-27(2)3)62(108)86-38(55(101)77-10)21-41(93)29(5)75-8/h24-30,33-40,45-49,54,63-64,75-76,79-80,83H,11-23,65-68,70-74H2,1-10H3,(H2,69,96)(H,77,101)(H,78,81)(H,82,92)(H,84,105)(H,85,104)(H,86,108)(H,87,102)(H,88,106)(H,89,107)(H,90,103)/t28-,29-,30-,33-,34-,35-,36-,37-,38?,39?,40?,45?,46?,47?,48?,49?,54?/m0/s1. The summed E-state index contributed by atoms with van der Waals surface area (Å²) in [5, 5.41) is 32.9. The van der Waals surface area contributed by atoms with Crippen molar-refractivity contribution in [1.82, 2.24) is 84.4 Å². The van der Waals surface area contributed by atoms with Gasteiger partial charge in [0, 0.05) is 58.0 Å². The Morgan fingerprint density at radius 1 is 0.491 bits per heavy atom. The van der Waals surface area contributed by atoms with Gasteiger partial charge in [-0.1, -0.05) is 34.1 Å². The smallest absolute Gasteiger partial charge is 0.258 e. The van der Waals surface area contributed by atoms with Gasteiger partial charge >= 0.3 is 0 Å². The van der Waals surface area contributed by atoms with Crippen LogP contribution in [0.1, 0.15) is 118 Å². The highest BCUT2D eigenvalue weighted by Gasteiger charge is 2.45. The van der Waals surface area contributed by atoms with Crippen molar-refractivity contribution in [2.45, 2.75) is 228 Å². The molecule has 0 saturated carbocycles. The third-order valence-corrected chi connectivity index (χ3v) is 17.1. The lowest BCUT2D eigenvalue weighted by Crippen LogP contribution is -2.66. The van der Waals surface area contributed by atoms with E-state index in [4.69, 9.17) is 57.3 Å². The van der Waals surface area contributed by atoms with Crippen LogP contribution in [0.3, 0.4) is 0 Å². The molecule has 44 nitrogen and oxygen atoms in total. The van der Waals surface area contributed by atoms with E-state index in [9.17, 15) is 71.9 Å². The second-order valence-corrected chi connectivity index (χ2v) is 26.4. The fourth-order valence-corrected chi connectivity index (χ4v) is 10.2. The molecule has 1 aromatic rings. The Labute approximate surface area is 624 Å². The fourth-order valence-electron chi connectivity index (χ4n) is 10.2. The van der Waals surface area contributed by atoms with E-state index in [1.165, 1.54) is 54.4 Å². The van der Waals surface area contributed by atoms with Crippen LogP contribution < -0.4 is 132 Å². The Hall–Kier alpha value is -9.29. The minimum Gasteiger partial charge on any atom is -0.370 e. The topological polar surface area (TPSA) is 765 Å². The molecular weight excluding hydrogens is 1420 g/mol. The van der Waals surface area contributed by atoms with Crippen LogP contribution in [0.15, 0.2) is 12.5 Å². The van der Waals surface area contributed by atoms with Crippen LogP contribution in [-0.4, -0.2) is 259 Å². The first-order chi connectivity index (χ1) is 50.5. The molecule has 0 bridgehead atoms. The molecule has 44 heteroatoms. The van der Waals surface area contributed by atoms with Gasteiger partial charge in [-0.2, -0.15) is 0 Å². The summed E-state index contributed by atoms with van der Waals surface area (Å²) in [5.41, 5.74) is 59.1. The molecule has 0 spiro atoms. The molecule has 0 aliphatic carbocycles. The summed E-state index contributed by atoms with van der Waals surface area (Å²) < 4.78 is 0. The Balaban J connectivity index is 4.45. The summed E-state index contributed by atoms with van der Waals surface area (Å²) in [6.45, 7) is 10.2. The van der Waals surface area contributed by atoms with Gasteiger partial charge in [0.25, 0.3) is 29.5 Å². The van der Waals surface area contributed by atoms with Gasteiger partial charge in [0.2, 0.25) is 29.5 Å². The second kappa shape index (κ2) is 48.9. The number of primary amides is 1. The number of likely N-dealkylation sites (N-methyl/N-ethyl adjacent to an activating group) is 3. The molecule has 10 amide bonds. The first kappa shape index (κ1) is 96.7. The van der Waals surface area contributed by atoms with Crippen LogP contribution in [0.25, 0.3) is 0 Å². The molecule has 0 saturated heterocycles. The van der Waals surface area contributed by atoms with Crippen LogP contribution >= 0.6 is 0 Å². The molecule has 0 radical (unpaired) electrons. The molecule has 1 aromatic heterocycles. The number of hydrogen-bond donors (Lipinski definition) is 25. The van der Waals surface area contributed by atoms with Crippen LogP contribution in [0.4, 0.5) is 0 Å². The Morgan fingerprint density at radius 3 is 1.30 bits per heavy atom. The predicted octanol–water partition coefficient (Wildman–Crippen LogP) is -13.2. The molecule has 108 heavy (non-hydrogen) atoms. The van der Waals surface area contributed by atoms with E-state index >= 15 is 14.4 Å². The van der Waals surface area contributed by atoms with E-state index in [0.29, 0.717) is 12.0 Å². The Morgan fingerprint density at radius 2 is 0.898 bits per heavy atom. The molecular formula is C64H114N26O18. The maximum atomic E-state index is 15.2. The maximum absolute atomic E-state index is 15.2. The molecule has 0 aliphatic heterocycles. The summed E-state index contributed by atoms with van der Waals surface area (Å²) >= 11 is 0. The average molecular weight is 1540 g/mol. The lowest BCUT2D eigenvalue weighted by molar-refractivity contribution is -0.143. The van der Waals surface area contributed by atoms with Gasteiger partial charge in [0.1, 0.15) is 37.0 Å². The molecule has 1 rings (SSSR count). The zero-order valence-electron chi connectivity index (χ0n) is 62.5. The number of nitrogens with one attached hydrogen (secondary N) is 15. The largest absolute Gasteiger partial charge is 0.370 e. The van der Waals surface area contributed by atoms with Crippen molar-refractivity contribution in [3.8, 4) is 0 Å². The number of carbonyl (C=O) groups is 18. The van der Waals surface area contributed by atoms with E-state index in [2.05, 4.69) is 73.8 Å². The summed E-state index contributed by atoms with van der Waals surface area (Å²) in [6.07, 6.45) is -5.42. The van der Waals surface area contributed by atoms with Crippen molar-refractivity contribution in [2.24, 2.45) is 69.2 Å². The number of nitrogens with zero attached hydrogens (tertiary/aromatic N) is 1. The van der Waals surface area contributed by atoms with Gasteiger partial charge in [-0.15, -0.1) is 0 Å². The quantitative estimate of drug-likeness (QED) is 0.0125. The summed E-state index contributed by atoms with van der Waals surface area (Å²) in [7, 11) is 3.99. The Bertz CT molecular complexity index is 3250. The fraction of sp³-hybridized carbons (Fsp3) is 0.672. The van der Waals surface area contributed by atoms with Crippen molar-refractivity contribution in [2.75, 3.05) is 34.2 Å². The van der Waals surface area contributed by atoms with Crippen LogP contribution in [0.5, 0.6) is 0 Å². The highest BCUT2D eigenvalue weighted by atomic mass is 16.2. The van der Waals surface area contributed by atoms with Crippen LogP contribution in [-0.2, 0) is 92.7 Å². The average Bonchev–Trinajstić information content (AvgIpc) is 0.870. The van der Waals surface area contributed by atoms with Gasteiger partial charge < -0.3 is 126 Å². The SMILES string of the molecule is CC[C@H](C)C(N)C(=O)C(NC(=O)C(NC(=O)C(NC(C)=O)C(=O)[C@@H](N)CCCNC(N)N)C(=O)[C@@H](N)CC(N)=O)C(=O)NC(CC(=O)[C@H](C)NC)C(=O)NC(C(=O)NC(CC(=O)[C@@H](N)Cc1cnc[nH]1)C(=O)NC(N[C@H](C=O)CC(C)C)C(=O)NC(CC(=O)[C@H](C)NC)C(=O)NC)C(=O)[C@@H](N)CCCNC(N)N. The summed E-state index contributed by atoms with van der Waals surface area (Å²) in [6, 6.07) is -28.4. The zero-order valence-corrected chi connectivity index (χ0v) is 62.5. The minimum atomic E-state index is -2.71. The number of rotatable bonds is 56. The third-order valence-electron chi connectivity index (χ3n) is 17.1. The number of ketones is 7. The number of aldehydes is 1. The molecule has 9 unspecified atom stereocenters. The van der Waals surface area contributed by atoms with Gasteiger partial charge in [-0.3, -0.25) is 97.5 Å². The first-order valence-corrected chi connectivity index (χ1v) is 34.9. The lowest BCUT2D eigenvalue weighted by Gasteiger charge is -2.30. The first-order valence-electron chi connectivity index (χ1n) is 34.9. The van der Waals surface area contributed by atoms with Crippen molar-refractivity contribution in [3.05, 3.63) is 18.2 Å². The number of Topliss-reactive ketones (excluding diaryl/α,β-unsaturated/α-hetero) is 7.